The van der Waals surface area contributed by atoms with Crippen LogP contribution in [0.5, 0.6) is 5.88 Å². The second-order valence-electron chi connectivity index (χ2n) is 10.9. The molecule has 258 valence electrons. The predicted molar refractivity (Wildman–Crippen MR) is 197 cm³/mol. The lowest BCUT2D eigenvalue weighted by molar-refractivity contribution is 0.156. The van der Waals surface area contributed by atoms with Crippen LogP contribution in [-0.4, -0.2) is 73.4 Å². The van der Waals surface area contributed by atoms with Gasteiger partial charge >= 0.3 is 0 Å². The Labute approximate surface area is 281 Å². The summed E-state index contributed by atoms with van der Waals surface area (Å²) in [5.74, 6) is 2.59. The Balaban J connectivity index is 0.000000319. The highest BCUT2D eigenvalue weighted by Gasteiger charge is 2.15. The standard InChI is InChI=1S/C11H16N2O.C11H16N2.C10H15N3.3C2H6/c1-9-2-3-11(13-8-9)14-10-4-6-12-7-5-10;1-9-2-3-11(8-13-9)10-4-6-12-7-5-10;1-9-2-3-10(12-8-9)13-6-4-11-5-7-13;3*1-2/h2-3,8,10,12H,4-7H2,1H3;2-3,8,10,12H,4-7H2,1H3;2-3,8,11H,4-7H2,1H3;3*1-2H3. The minimum atomic E-state index is 0.339. The highest BCUT2D eigenvalue weighted by Crippen LogP contribution is 2.24. The fourth-order valence-electron chi connectivity index (χ4n) is 5.02. The number of piperazine rings is 1. The highest BCUT2D eigenvalue weighted by atomic mass is 16.5. The third-order valence-corrected chi connectivity index (χ3v) is 7.54. The van der Waals surface area contributed by atoms with Crippen molar-refractivity contribution in [1.82, 2.24) is 30.9 Å². The zero-order chi connectivity index (χ0) is 34.0. The van der Waals surface area contributed by atoms with Crippen molar-refractivity contribution in [2.24, 2.45) is 0 Å². The van der Waals surface area contributed by atoms with E-state index >= 15 is 0 Å². The van der Waals surface area contributed by atoms with Crippen molar-refractivity contribution in [3.63, 3.8) is 0 Å². The molecular formula is C38H65N7O. The summed E-state index contributed by atoms with van der Waals surface area (Å²) in [4.78, 5) is 15.3. The third kappa shape index (κ3) is 16.5. The minimum Gasteiger partial charge on any atom is -0.474 e. The Kier molecular flexibility index (Phi) is 23.2. The van der Waals surface area contributed by atoms with Gasteiger partial charge in [-0.3, -0.25) is 4.98 Å². The van der Waals surface area contributed by atoms with Crippen molar-refractivity contribution in [2.75, 3.05) is 57.3 Å². The smallest absolute Gasteiger partial charge is 0.213 e. The van der Waals surface area contributed by atoms with E-state index in [4.69, 9.17) is 4.74 Å². The molecule has 8 heteroatoms. The number of aromatic nitrogens is 3. The lowest BCUT2D eigenvalue weighted by Crippen LogP contribution is -2.43. The van der Waals surface area contributed by atoms with E-state index in [0.29, 0.717) is 6.10 Å². The number of hydrogen-bond acceptors (Lipinski definition) is 8. The monoisotopic (exact) mass is 636 g/mol. The molecule has 0 atom stereocenters. The zero-order valence-corrected chi connectivity index (χ0v) is 30.5. The number of anilines is 1. The molecule has 3 aliphatic rings. The summed E-state index contributed by atoms with van der Waals surface area (Å²) in [5, 5.41) is 10.0. The largest absolute Gasteiger partial charge is 0.474 e. The fraction of sp³-hybridized carbons (Fsp3) is 0.605. The summed E-state index contributed by atoms with van der Waals surface area (Å²) < 4.78 is 5.76. The summed E-state index contributed by atoms with van der Waals surface area (Å²) in [6, 6.07) is 12.5. The Bertz CT molecular complexity index is 1030. The quantitative estimate of drug-likeness (QED) is 0.276. The molecule has 0 aliphatic carbocycles. The average molecular weight is 636 g/mol. The van der Waals surface area contributed by atoms with Crippen LogP contribution in [0.25, 0.3) is 0 Å². The molecule has 8 nitrogen and oxygen atoms in total. The van der Waals surface area contributed by atoms with Crippen LogP contribution in [0.15, 0.2) is 55.0 Å². The molecule has 0 saturated carbocycles. The number of nitrogens with zero attached hydrogens (tertiary/aromatic N) is 4. The molecule has 0 spiro atoms. The molecule has 0 aromatic carbocycles. The number of hydrogen-bond donors (Lipinski definition) is 3. The van der Waals surface area contributed by atoms with E-state index in [1.807, 2.05) is 86.1 Å². The van der Waals surface area contributed by atoms with Crippen LogP contribution in [-0.2, 0) is 0 Å². The number of ether oxygens (including phenoxy) is 1. The molecule has 0 bridgehead atoms. The van der Waals surface area contributed by atoms with Crippen LogP contribution < -0.4 is 25.6 Å². The van der Waals surface area contributed by atoms with Crippen molar-refractivity contribution >= 4 is 5.82 Å². The van der Waals surface area contributed by atoms with Crippen molar-refractivity contribution in [2.45, 2.75) is 100 Å². The van der Waals surface area contributed by atoms with Gasteiger partial charge < -0.3 is 25.6 Å². The molecule has 6 rings (SSSR count). The van der Waals surface area contributed by atoms with Gasteiger partial charge in [-0.05, 0) is 107 Å². The van der Waals surface area contributed by atoms with Gasteiger partial charge in [-0.2, -0.15) is 0 Å². The van der Waals surface area contributed by atoms with Crippen molar-refractivity contribution in [3.05, 3.63) is 77.4 Å². The van der Waals surface area contributed by atoms with Gasteiger partial charge in [0.15, 0.2) is 0 Å². The second kappa shape index (κ2) is 26.0. The second-order valence-corrected chi connectivity index (χ2v) is 10.9. The Morgan fingerprint density at radius 3 is 1.63 bits per heavy atom. The normalized spacial score (nSPS) is 16.2. The molecule has 46 heavy (non-hydrogen) atoms. The van der Waals surface area contributed by atoms with E-state index in [0.717, 1.165) is 88.5 Å². The van der Waals surface area contributed by atoms with E-state index in [9.17, 15) is 0 Å². The summed E-state index contributed by atoms with van der Waals surface area (Å²) in [6.45, 7) is 26.8. The number of pyridine rings is 3. The van der Waals surface area contributed by atoms with Crippen LogP contribution in [0.3, 0.4) is 0 Å². The average Bonchev–Trinajstić information content (AvgIpc) is 3.14. The van der Waals surface area contributed by atoms with Gasteiger partial charge in [0, 0.05) is 56.5 Å². The topological polar surface area (TPSA) is 87.2 Å². The highest BCUT2D eigenvalue weighted by molar-refractivity contribution is 5.39. The molecule has 3 aromatic heterocycles. The molecule has 0 amide bonds. The van der Waals surface area contributed by atoms with Crippen LogP contribution in [0.4, 0.5) is 5.82 Å². The number of rotatable bonds is 4. The van der Waals surface area contributed by atoms with Crippen molar-refractivity contribution < 1.29 is 4.74 Å². The van der Waals surface area contributed by atoms with Gasteiger partial charge in [0.2, 0.25) is 5.88 Å². The molecule has 6 heterocycles. The van der Waals surface area contributed by atoms with E-state index < -0.39 is 0 Å². The first-order valence-electron chi connectivity index (χ1n) is 17.9. The van der Waals surface area contributed by atoms with E-state index in [-0.39, 0.29) is 0 Å². The van der Waals surface area contributed by atoms with Crippen molar-refractivity contribution in [3.8, 4) is 5.88 Å². The molecule has 0 radical (unpaired) electrons. The third-order valence-electron chi connectivity index (χ3n) is 7.54. The Hall–Kier alpha value is -3.07. The summed E-state index contributed by atoms with van der Waals surface area (Å²) in [5.41, 5.74) is 4.91. The molecule has 3 aromatic rings. The van der Waals surface area contributed by atoms with Crippen LogP contribution in [0.2, 0.25) is 0 Å². The van der Waals surface area contributed by atoms with Crippen LogP contribution >= 0.6 is 0 Å². The molecule has 3 fully saturated rings. The predicted octanol–water partition coefficient (Wildman–Crippen LogP) is 7.26. The van der Waals surface area contributed by atoms with Crippen LogP contribution in [0.1, 0.15) is 95.5 Å². The van der Waals surface area contributed by atoms with Gasteiger partial charge in [0.05, 0.1) is 0 Å². The number of nitrogens with one attached hydrogen (secondary N) is 3. The first-order valence-corrected chi connectivity index (χ1v) is 17.9. The first-order chi connectivity index (χ1) is 22.6. The maximum Gasteiger partial charge on any atom is 0.213 e. The molecule has 3 N–H and O–H groups in total. The molecular weight excluding hydrogens is 570 g/mol. The molecule has 0 unspecified atom stereocenters. The van der Waals surface area contributed by atoms with Gasteiger partial charge in [0.25, 0.3) is 0 Å². The van der Waals surface area contributed by atoms with Crippen molar-refractivity contribution in [1.29, 1.82) is 0 Å². The lowest BCUT2D eigenvalue weighted by atomic mass is 9.91. The van der Waals surface area contributed by atoms with Crippen LogP contribution in [0, 0.1) is 20.8 Å². The first kappa shape index (κ1) is 41.0. The SMILES string of the molecule is CC.CC.CC.Cc1ccc(C2CCNCC2)cn1.Cc1ccc(N2CCNCC2)nc1.Cc1ccc(OC2CCNCC2)nc1. The van der Waals surface area contributed by atoms with E-state index in [1.165, 1.54) is 29.5 Å². The Morgan fingerprint density at radius 2 is 1.13 bits per heavy atom. The molecule has 3 aliphatic heterocycles. The number of piperidine rings is 2. The lowest BCUT2D eigenvalue weighted by Gasteiger charge is -2.28. The van der Waals surface area contributed by atoms with E-state index in [1.54, 1.807) is 0 Å². The number of aryl methyl sites for hydroxylation is 3. The zero-order valence-electron chi connectivity index (χ0n) is 30.5. The maximum atomic E-state index is 5.76. The Morgan fingerprint density at radius 1 is 0.587 bits per heavy atom. The molecule has 3 saturated heterocycles. The summed E-state index contributed by atoms with van der Waals surface area (Å²) in [6.07, 6.45) is 10.8. The fourth-order valence-corrected chi connectivity index (χ4v) is 5.02. The van der Waals surface area contributed by atoms with Gasteiger partial charge in [-0.1, -0.05) is 59.7 Å². The van der Waals surface area contributed by atoms with Gasteiger partial charge in [-0.25, -0.2) is 9.97 Å². The minimum absolute atomic E-state index is 0.339. The van der Waals surface area contributed by atoms with Gasteiger partial charge in [0.1, 0.15) is 11.9 Å². The maximum absolute atomic E-state index is 5.76. The van der Waals surface area contributed by atoms with Gasteiger partial charge in [-0.15, -0.1) is 0 Å². The van der Waals surface area contributed by atoms with E-state index in [2.05, 4.69) is 67.0 Å². The summed E-state index contributed by atoms with van der Waals surface area (Å²) >= 11 is 0. The summed E-state index contributed by atoms with van der Waals surface area (Å²) in [7, 11) is 0.